The van der Waals surface area contributed by atoms with E-state index in [1.165, 1.54) is 36.8 Å². The average molecular weight is 425 g/mol. The Morgan fingerprint density at radius 3 is 2.39 bits per heavy atom. The van der Waals surface area contributed by atoms with Gasteiger partial charge in [-0.05, 0) is 43.2 Å². The van der Waals surface area contributed by atoms with Gasteiger partial charge in [0.2, 0.25) is 11.7 Å². The van der Waals surface area contributed by atoms with Crippen LogP contribution in [0.25, 0.3) is 0 Å². The van der Waals surface area contributed by atoms with Crippen molar-refractivity contribution in [1.29, 1.82) is 0 Å². The van der Waals surface area contributed by atoms with E-state index in [-0.39, 0.29) is 5.91 Å². The largest absolute Gasteiger partial charge is 0.493 e. The minimum absolute atomic E-state index is 0.0102. The number of rotatable bonds is 9. The van der Waals surface area contributed by atoms with E-state index >= 15 is 0 Å². The Labute approximate surface area is 184 Å². The molecule has 4 rings (SSSR count). The third-order valence-electron chi connectivity index (χ3n) is 6.30. The van der Waals surface area contributed by atoms with Crippen molar-refractivity contribution in [3.05, 3.63) is 47.5 Å². The van der Waals surface area contributed by atoms with Crippen molar-refractivity contribution in [3.8, 4) is 17.2 Å². The van der Waals surface area contributed by atoms with Crippen molar-refractivity contribution in [2.24, 2.45) is 0 Å². The molecule has 0 saturated heterocycles. The fourth-order valence-corrected chi connectivity index (χ4v) is 4.68. The van der Waals surface area contributed by atoms with E-state index in [1.54, 1.807) is 33.5 Å². The molecule has 31 heavy (non-hydrogen) atoms. The van der Waals surface area contributed by atoms with Crippen LogP contribution >= 0.6 is 0 Å². The van der Waals surface area contributed by atoms with Gasteiger partial charge >= 0.3 is 0 Å². The van der Waals surface area contributed by atoms with Crippen molar-refractivity contribution in [2.75, 3.05) is 33.2 Å². The third kappa shape index (κ3) is 4.79. The lowest BCUT2D eigenvalue weighted by molar-refractivity contribution is -0.116. The van der Waals surface area contributed by atoms with Crippen molar-refractivity contribution in [2.45, 2.75) is 50.6 Å². The number of carbonyl (C=O) groups is 1. The molecular formula is C25H32N2O4. The molecular weight excluding hydrogens is 392 g/mol. The number of nitrogens with one attached hydrogen (secondary N) is 1. The first-order chi connectivity index (χ1) is 15.1. The van der Waals surface area contributed by atoms with Crippen LogP contribution in [0.4, 0.5) is 5.69 Å². The van der Waals surface area contributed by atoms with Crippen LogP contribution in [-0.2, 0) is 11.2 Å². The van der Waals surface area contributed by atoms with Gasteiger partial charge in [0.25, 0.3) is 0 Å². The Balaban J connectivity index is 1.43. The number of methoxy groups -OCH3 is 3. The molecule has 1 amide bonds. The average Bonchev–Trinajstić information content (AvgIpc) is 3.64. The van der Waals surface area contributed by atoms with Crippen molar-refractivity contribution in [1.82, 2.24) is 4.90 Å². The summed E-state index contributed by atoms with van der Waals surface area (Å²) in [6.45, 7) is 0.764. The van der Waals surface area contributed by atoms with Gasteiger partial charge < -0.3 is 19.5 Å². The van der Waals surface area contributed by atoms with Gasteiger partial charge in [-0.3, -0.25) is 9.69 Å². The van der Waals surface area contributed by atoms with Crippen LogP contribution < -0.4 is 19.5 Å². The van der Waals surface area contributed by atoms with Crippen LogP contribution in [0.1, 0.15) is 49.3 Å². The smallest absolute Gasteiger partial charge is 0.225 e. The number of amides is 1. The second kappa shape index (κ2) is 9.60. The summed E-state index contributed by atoms with van der Waals surface area (Å²) >= 11 is 0. The predicted molar refractivity (Wildman–Crippen MR) is 121 cm³/mol. The Hall–Kier alpha value is -2.73. The molecule has 1 saturated carbocycles. The quantitative estimate of drug-likeness (QED) is 0.638. The maximum atomic E-state index is 12.8. The second-order valence-corrected chi connectivity index (χ2v) is 8.29. The van der Waals surface area contributed by atoms with Crippen molar-refractivity contribution >= 4 is 11.6 Å². The lowest BCUT2D eigenvalue weighted by Crippen LogP contribution is -2.35. The summed E-state index contributed by atoms with van der Waals surface area (Å²) < 4.78 is 16.1. The van der Waals surface area contributed by atoms with E-state index in [0.29, 0.717) is 41.4 Å². The Morgan fingerprint density at radius 1 is 1.03 bits per heavy atom. The first-order valence-electron chi connectivity index (χ1n) is 11.1. The normalized spacial score (nSPS) is 17.7. The Morgan fingerprint density at radius 2 is 1.74 bits per heavy atom. The molecule has 166 valence electrons. The predicted octanol–water partition coefficient (Wildman–Crippen LogP) is 4.58. The third-order valence-corrected chi connectivity index (χ3v) is 6.30. The second-order valence-electron chi connectivity index (χ2n) is 8.29. The summed E-state index contributed by atoms with van der Waals surface area (Å²) in [6.07, 6.45) is 6.45. The van der Waals surface area contributed by atoms with E-state index in [9.17, 15) is 4.79 Å². The van der Waals surface area contributed by atoms with Crippen LogP contribution in [0.3, 0.4) is 0 Å². The summed E-state index contributed by atoms with van der Waals surface area (Å²) in [6, 6.07) is 13.3. The molecule has 2 aliphatic carbocycles. The van der Waals surface area contributed by atoms with E-state index in [4.69, 9.17) is 14.2 Å². The lowest BCUT2D eigenvalue weighted by Gasteiger charge is -2.36. The molecule has 0 spiro atoms. The minimum Gasteiger partial charge on any atom is -0.493 e. The molecule has 2 aromatic carbocycles. The van der Waals surface area contributed by atoms with E-state index in [0.717, 1.165) is 13.0 Å². The summed E-state index contributed by atoms with van der Waals surface area (Å²) in [7, 11) is 4.70. The number of ether oxygens (including phenoxy) is 3. The molecule has 0 heterocycles. The first kappa shape index (κ1) is 21.5. The van der Waals surface area contributed by atoms with Gasteiger partial charge in [-0.2, -0.15) is 0 Å². The number of fused-ring (bicyclic) bond motifs is 1. The highest BCUT2D eigenvalue weighted by atomic mass is 16.5. The molecule has 0 bridgehead atoms. The molecule has 0 radical (unpaired) electrons. The zero-order valence-electron chi connectivity index (χ0n) is 18.6. The van der Waals surface area contributed by atoms with Crippen molar-refractivity contribution in [3.63, 3.8) is 0 Å². The monoisotopic (exact) mass is 424 g/mol. The van der Waals surface area contributed by atoms with Gasteiger partial charge in [0, 0.05) is 42.9 Å². The topological polar surface area (TPSA) is 60.0 Å². The van der Waals surface area contributed by atoms with Crippen LogP contribution in [-0.4, -0.2) is 44.7 Å². The molecule has 0 aliphatic heterocycles. The summed E-state index contributed by atoms with van der Waals surface area (Å²) in [5, 5.41) is 3.00. The number of anilines is 1. The van der Waals surface area contributed by atoms with Gasteiger partial charge in [0.15, 0.2) is 11.5 Å². The molecule has 2 aliphatic rings. The van der Waals surface area contributed by atoms with Gasteiger partial charge in [-0.1, -0.05) is 24.3 Å². The highest BCUT2D eigenvalue weighted by Gasteiger charge is 2.36. The standard InChI is InChI=1S/C25H32N2O4/c1-29-22-15-18(16-23(30-2)25(22)31-3)26-24(28)13-14-27(19-11-12-19)21-10-6-8-17-7-4-5-9-20(17)21/h4-5,7,9,15-16,19,21H,6,8,10-14H2,1-3H3,(H,26,28). The number of benzene rings is 2. The molecule has 1 atom stereocenters. The Kier molecular flexibility index (Phi) is 6.66. The molecule has 6 nitrogen and oxygen atoms in total. The number of hydrogen-bond donors (Lipinski definition) is 1. The SMILES string of the molecule is COc1cc(NC(=O)CCN(C2CC2)C2CCCc3ccccc32)cc(OC)c1OC. The van der Waals surface area contributed by atoms with Gasteiger partial charge in [-0.25, -0.2) is 0 Å². The minimum atomic E-state index is -0.0102. The van der Waals surface area contributed by atoms with Crippen molar-refractivity contribution < 1.29 is 19.0 Å². The number of aryl methyl sites for hydroxylation is 1. The zero-order valence-corrected chi connectivity index (χ0v) is 18.6. The number of hydrogen-bond acceptors (Lipinski definition) is 5. The molecule has 1 unspecified atom stereocenters. The maximum absolute atomic E-state index is 12.8. The fourth-order valence-electron chi connectivity index (χ4n) is 4.68. The molecule has 1 N–H and O–H groups in total. The zero-order chi connectivity index (χ0) is 21.8. The number of nitrogens with zero attached hydrogens (tertiary/aromatic N) is 1. The Bertz CT molecular complexity index is 900. The fraction of sp³-hybridized carbons (Fsp3) is 0.480. The first-order valence-corrected chi connectivity index (χ1v) is 11.1. The molecule has 1 fully saturated rings. The summed E-state index contributed by atoms with van der Waals surface area (Å²) in [5.74, 6) is 1.55. The molecule has 6 heteroatoms. The maximum Gasteiger partial charge on any atom is 0.225 e. The molecule has 2 aromatic rings. The van der Waals surface area contributed by atoms with Gasteiger partial charge in [-0.15, -0.1) is 0 Å². The van der Waals surface area contributed by atoms with E-state index < -0.39 is 0 Å². The summed E-state index contributed by atoms with van der Waals surface area (Å²) in [5.41, 5.74) is 3.55. The van der Waals surface area contributed by atoms with E-state index in [2.05, 4.69) is 34.5 Å². The highest BCUT2D eigenvalue weighted by Crippen LogP contribution is 2.41. The van der Waals surface area contributed by atoms with Crippen LogP contribution in [0.15, 0.2) is 36.4 Å². The van der Waals surface area contributed by atoms with Crippen LogP contribution in [0.5, 0.6) is 17.2 Å². The highest BCUT2D eigenvalue weighted by molar-refractivity contribution is 5.91. The van der Waals surface area contributed by atoms with Gasteiger partial charge in [0.05, 0.1) is 21.3 Å². The van der Waals surface area contributed by atoms with Crippen LogP contribution in [0, 0.1) is 0 Å². The molecule has 0 aromatic heterocycles. The lowest BCUT2D eigenvalue weighted by atomic mass is 9.86. The van der Waals surface area contributed by atoms with Gasteiger partial charge in [0.1, 0.15) is 0 Å². The summed E-state index contributed by atoms with van der Waals surface area (Å²) in [4.78, 5) is 15.4. The number of carbonyl (C=O) groups excluding carboxylic acids is 1. The van der Waals surface area contributed by atoms with Crippen LogP contribution in [0.2, 0.25) is 0 Å². The van der Waals surface area contributed by atoms with E-state index in [1.807, 2.05) is 0 Å².